The second-order valence-corrected chi connectivity index (χ2v) is 4.10. The normalized spacial score (nSPS) is 10.9. The molecule has 0 saturated carbocycles. The Hall–Kier alpha value is -1.71. The first-order valence-corrected chi connectivity index (χ1v) is 4.57. The summed E-state index contributed by atoms with van der Waals surface area (Å²) in [7, 11) is 0. The average Bonchev–Trinajstić information content (AvgIpc) is 2.15. The van der Waals surface area contributed by atoms with Gasteiger partial charge in [-0.15, -0.1) is 0 Å². The van der Waals surface area contributed by atoms with E-state index in [1.54, 1.807) is 20.8 Å². The number of aromatic nitrogens is 1. The highest BCUT2D eigenvalue weighted by Crippen LogP contribution is 2.10. The molecule has 0 atom stereocenters. The lowest BCUT2D eigenvalue weighted by Crippen LogP contribution is -2.24. The maximum absolute atomic E-state index is 11.5. The van der Waals surface area contributed by atoms with E-state index in [1.165, 1.54) is 18.3 Å². The lowest BCUT2D eigenvalue weighted by Gasteiger charge is -2.18. The van der Waals surface area contributed by atoms with Crippen LogP contribution in [0.2, 0.25) is 0 Å². The van der Waals surface area contributed by atoms with Crippen molar-refractivity contribution in [1.29, 1.82) is 0 Å². The number of rotatable bonds is 2. The van der Waals surface area contributed by atoms with Gasteiger partial charge in [0.2, 0.25) is 0 Å². The monoisotopic (exact) mass is 207 g/mol. The molecule has 0 fully saturated rings. The molecule has 0 N–H and O–H groups in total. The minimum absolute atomic E-state index is 0.204. The quantitative estimate of drug-likeness (QED) is 0.548. The van der Waals surface area contributed by atoms with E-state index in [1.807, 2.05) is 0 Å². The molecule has 0 bridgehead atoms. The Morgan fingerprint density at radius 1 is 1.40 bits per heavy atom. The standard InChI is InChI=1S/C11H13NO3/c1-11(2,3)15-10(14)9-5-4-8(7-13)6-12-9/h4-7H,1-3H3. The Morgan fingerprint density at radius 2 is 2.07 bits per heavy atom. The topological polar surface area (TPSA) is 56.3 Å². The lowest BCUT2D eigenvalue weighted by molar-refractivity contribution is 0.00627. The molecule has 0 amide bonds. The molecule has 0 spiro atoms. The number of esters is 1. The number of carbonyl (C=O) groups is 2. The van der Waals surface area contributed by atoms with Crippen molar-refractivity contribution in [2.24, 2.45) is 0 Å². The van der Waals surface area contributed by atoms with Crippen molar-refractivity contribution in [2.75, 3.05) is 0 Å². The molecule has 15 heavy (non-hydrogen) atoms. The van der Waals surface area contributed by atoms with Crippen LogP contribution in [0.25, 0.3) is 0 Å². The predicted octanol–water partition coefficient (Wildman–Crippen LogP) is 1.85. The molecule has 1 heterocycles. The fraction of sp³-hybridized carbons (Fsp3) is 0.364. The molecule has 4 heteroatoms. The van der Waals surface area contributed by atoms with Gasteiger partial charge in [-0.05, 0) is 32.9 Å². The van der Waals surface area contributed by atoms with Gasteiger partial charge in [-0.3, -0.25) is 4.79 Å². The summed E-state index contributed by atoms with van der Waals surface area (Å²) >= 11 is 0. The molecule has 4 nitrogen and oxygen atoms in total. The van der Waals surface area contributed by atoms with Gasteiger partial charge in [-0.1, -0.05) is 0 Å². The van der Waals surface area contributed by atoms with Crippen molar-refractivity contribution in [3.05, 3.63) is 29.6 Å². The summed E-state index contributed by atoms with van der Waals surface area (Å²) in [6.07, 6.45) is 2.01. The van der Waals surface area contributed by atoms with Crippen LogP contribution >= 0.6 is 0 Å². The molecule has 0 saturated heterocycles. The maximum Gasteiger partial charge on any atom is 0.357 e. The SMILES string of the molecule is CC(C)(C)OC(=O)c1ccc(C=O)cn1. The van der Waals surface area contributed by atoms with Gasteiger partial charge in [0, 0.05) is 11.8 Å². The van der Waals surface area contributed by atoms with Crippen LogP contribution in [0.4, 0.5) is 0 Å². The summed E-state index contributed by atoms with van der Waals surface area (Å²) in [5.74, 6) is -0.486. The number of ether oxygens (including phenoxy) is 1. The van der Waals surface area contributed by atoms with Gasteiger partial charge in [0.1, 0.15) is 11.3 Å². The summed E-state index contributed by atoms with van der Waals surface area (Å²) in [5, 5.41) is 0. The molecule has 1 aromatic rings. The lowest BCUT2D eigenvalue weighted by atomic mass is 10.2. The number of nitrogens with zero attached hydrogens (tertiary/aromatic N) is 1. The number of aldehydes is 1. The summed E-state index contributed by atoms with van der Waals surface area (Å²) in [6.45, 7) is 5.35. The van der Waals surface area contributed by atoms with Crippen LogP contribution < -0.4 is 0 Å². The van der Waals surface area contributed by atoms with Crippen molar-refractivity contribution in [2.45, 2.75) is 26.4 Å². The van der Waals surface area contributed by atoms with E-state index in [0.29, 0.717) is 11.8 Å². The third-order valence-corrected chi connectivity index (χ3v) is 1.53. The number of hydrogen-bond donors (Lipinski definition) is 0. The van der Waals surface area contributed by atoms with Crippen LogP contribution in [0.15, 0.2) is 18.3 Å². The summed E-state index contributed by atoms with van der Waals surface area (Å²) < 4.78 is 5.11. The molecule has 1 aromatic heterocycles. The molecule has 0 aliphatic heterocycles. The molecule has 0 aliphatic rings. The number of pyridine rings is 1. The largest absolute Gasteiger partial charge is 0.455 e. The number of hydrogen-bond acceptors (Lipinski definition) is 4. The second kappa shape index (κ2) is 4.21. The molecule has 0 aromatic carbocycles. The Labute approximate surface area is 88.3 Å². The van der Waals surface area contributed by atoms with Gasteiger partial charge in [0.05, 0.1) is 0 Å². The molecular weight excluding hydrogens is 194 g/mol. The zero-order valence-corrected chi connectivity index (χ0v) is 8.98. The van der Waals surface area contributed by atoms with Crippen LogP contribution in [0, 0.1) is 0 Å². The van der Waals surface area contributed by atoms with Crippen LogP contribution in [0.3, 0.4) is 0 Å². The first-order chi connectivity index (χ1) is 6.92. The number of carbonyl (C=O) groups excluding carboxylic acids is 2. The zero-order chi connectivity index (χ0) is 11.5. The van der Waals surface area contributed by atoms with E-state index in [4.69, 9.17) is 4.74 Å². The first kappa shape index (κ1) is 11.4. The van der Waals surface area contributed by atoms with Crippen molar-refractivity contribution in [1.82, 2.24) is 4.98 Å². The van der Waals surface area contributed by atoms with Crippen LogP contribution in [0.1, 0.15) is 41.6 Å². The zero-order valence-electron chi connectivity index (χ0n) is 8.98. The summed E-state index contributed by atoms with van der Waals surface area (Å²) in [6, 6.07) is 3.00. The highest BCUT2D eigenvalue weighted by molar-refractivity contribution is 5.88. The maximum atomic E-state index is 11.5. The molecule has 0 radical (unpaired) electrons. The summed E-state index contributed by atoms with van der Waals surface area (Å²) in [4.78, 5) is 25.7. The van der Waals surface area contributed by atoms with Gasteiger partial charge >= 0.3 is 5.97 Å². The van der Waals surface area contributed by atoms with Gasteiger partial charge in [-0.25, -0.2) is 9.78 Å². The fourth-order valence-electron chi connectivity index (χ4n) is 0.926. The van der Waals surface area contributed by atoms with Crippen molar-refractivity contribution in [3.63, 3.8) is 0 Å². The van der Waals surface area contributed by atoms with Crippen molar-refractivity contribution < 1.29 is 14.3 Å². The van der Waals surface area contributed by atoms with E-state index in [2.05, 4.69) is 4.98 Å². The van der Waals surface area contributed by atoms with Crippen LogP contribution in [0.5, 0.6) is 0 Å². The van der Waals surface area contributed by atoms with E-state index < -0.39 is 11.6 Å². The average molecular weight is 207 g/mol. The Morgan fingerprint density at radius 3 is 2.47 bits per heavy atom. The minimum Gasteiger partial charge on any atom is -0.455 e. The smallest absolute Gasteiger partial charge is 0.357 e. The Bertz CT molecular complexity index is 362. The molecule has 0 aliphatic carbocycles. The Balaban J connectivity index is 2.79. The fourth-order valence-corrected chi connectivity index (χ4v) is 0.926. The minimum atomic E-state index is -0.540. The summed E-state index contributed by atoms with van der Waals surface area (Å²) in [5.41, 5.74) is 0.0973. The van der Waals surface area contributed by atoms with Gasteiger partial charge in [0.15, 0.2) is 6.29 Å². The van der Waals surface area contributed by atoms with E-state index in [0.717, 1.165) is 0 Å². The molecule has 1 rings (SSSR count). The predicted molar refractivity (Wildman–Crippen MR) is 54.8 cm³/mol. The second-order valence-electron chi connectivity index (χ2n) is 4.10. The van der Waals surface area contributed by atoms with Crippen molar-refractivity contribution in [3.8, 4) is 0 Å². The van der Waals surface area contributed by atoms with E-state index >= 15 is 0 Å². The third kappa shape index (κ3) is 3.50. The van der Waals surface area contributed by atoms with Crippen LogP contribution in [-0.2, 0) is 4.74 Å². The molecule has 0 unspecified atom stereocenters. The third-order valence-electron chi connectivity index (χ3n) is 1.53. The van der Waals surface area contributed by atoms with Crippen LogP contribution in [-0.4, -0.2) is 22.8 Å². The molecule has 80 valence electrons. The van der Waals surface area contributed by atoms with Gasteiger partial charge < -0.3 is 4.74 Å². The van der Waals surface area contributed by atoms with E-state index in [9.17, 15) is 9.59 Å². The molecular formula is C11H13NO3. The highest BCUT2D eigenvalue weighted by atomic mass is 16.6. The highest BCUT2D eigenvalue weighted by Gasteiger charge is 2.18. The van der Waals surface area contributed by atoms with Gasteiger partial charge in [-0.2, -0.15) is 0 Å². The first-order valence-electron chi connectivity index (χ1n) is 4.57. The van der Waals surface area contributed by atoms with E-state index in [-0.39, 0.29) is 5.69 Å². The van der Waals surface area contributed by atoms with Crippen molar-refractivity contribution >= 4 is 12.3 Å². The van der Waals surface area contributed by atoms with Gasteiger partial charge in [0.25, 0.3) is 0 Å². The Kier molecular flexibility index (Phi) is 3.19.